The fourth-order valence-corrected chi connectivity index (χ4v) is 7.99. The molecule has 3 atom stereocenters. The van der Waals surface area contributed by atoms with Crippen molar-refractivity contribution in [2.75, 3.05) is 19.3 Å². The van der Waals surface area contributed by atoms with Crippen LogP contribution in [0.3, 0.4) is 0 Å². The molecule has 1 amide bonds. The number of nitrogens with zero attached hydrogens (tertiary/aromatic N) is 7. The molecule has 1 aliphatic heterocycles. The molecule has 4 N–H and O–H groups in total. The van der Waals surface area contributed by atoms with Crippen molar-refractivity contribution in [3.63, 3.8) is 0 Å². The molecule has 1 saturated heterocycles. The molecule has 0 bridgehead atoms. The van der Waals surface area contributed by atoms with Crippen molar-refractivity contribution in [1.82, 2.24) is 29.8 Å². The van der Waals surface area contributed by atoms with E-state index in [9.17, 15) is 10.1 Å². The van der Waals surface area contributed by atoms with Crippen molar-refractivity contribution in [2.24, 2.45) is 5.73 Å². The van der Waals surface area contributed by atoms with E-state index in [1.54, 1.807) is 12.3 Å². The van der Waals surface area contributed by atoms with Crippen molar-refractivity contribution in [3.8, 4) is 29.3 Å². The van der Waals surface area contributed by atoms with Crippen LogP contribution in [0.2, 0.25) is 0 Å². The third-order valence-electron chi connectivity index (χ3n) is 8.94. The molecule has 230 valence electrons. The number of ether oxygens (including phenoxy) is 1. The first-order valence-electron chi connectivity index (χ1n) is 15.1. The fraction of sp³-hybridized carbons (Fsp3) is 0.484. The van der Waals surface area contributed by atoms with Crippen LogP contribution in [0.1, 0.15) is 90.7 Å². The van der Waals surface area contributed by atoms with Crippen molar-refractivity contribution >= 4 is 22.2 Å². The summed E-state index contributed by atoms with van der Waals surface area (Å²) in [6.07, 6.45) is 7.75. The molecule has 13 heteroatoms. The largest absolute Gasteiger partial charge is 0.473 e. The second-order valence-corrected chi connectivity index (χ2v) is 13.1. The molecule has 1 aliphatic carbocycles. The number of carbonyl (C=O) groups is 1. The summed E-state index contributed by atoms with van der Waals surface area (Å²) in [4.78, 5) is 24.9. The fourth-order valence-electron chi connectivity index (χ4n) is 6.80. The number of amides is 1. The molecule has 44 heavy (non-hydrogen) atoms. The van der Waals surface area contributed by atoms with Crippen LogP contribution < -0.4 is 16.2 Å². The molecule has 0 spiro atoms. The first-order valence-corrected chi connectivity index (χ1v) is 15.9. The van der Waals surface area contributed by atoms with Gasteiger partial charge in [0.2, 0.25) is 5.88 Å². The van der Waals surface area contributed by atoms with Crippen molar-refractivity contribution in [3.05, 3.63) is 51.4 Å². The van der Waals surface area contributed by atoms with E-state index < -0.39 is 11.3 Å². The smallest absolute Gasteiger partial charge is 0.269 e. The lowest BCUT2D eigenvalue weighted by Gasteiger charge is -2.33. The summed E-state index contributed by atoms with van der Waals surface area (Å²) in [5, 5.41) is 19.4. The van der Waals surface area contributed by atoms with Crippen molar-refractivity contribution in [2.45, 2.75) is 83.3 Å². The number of nitrogen functional groups attached to an aromatic ring is 1. The second kappa shape index (κ2) is 11.7. The van der Waals surface area contributed by atoms with Crippen LogP contribution in [0, 0.1) is 11.3 Å². The van der Waals surface area contributed by atoms with Crippen LogP contribution >= 0.6 is 11.3 Å². The third kappa shape index (κ3) is 5.11. The van der Waals surface area contributed by atoms with Crippen LogP contribution in [0.25, 0.3) is 17.3 Å². The average Bonchev–Trinajstić information content (AvgIpc) is 3.79. The molecule has 0 aromatic carbocycles. The van der Waals surface area contributed by atoms with Crippen LogP contribution in [0.15, 0.2) is 22.9 Å². The van der Waals surface area contributed by atoms with Gasteiger partial charge in [-0.1, -0.05) is 18.5 Å². The van der Waals surface area contributed by atoms with Crippen LogP contribution in [0.5, 0.6) is 5.88 Å². The number of hydrogen-bond acceptors (Lipinski definition) is 11. The maximum atomic E-state index is 11.8. The zero-order valence-electron chi connectivity index (χ0n) is 25.5. The first-order chi connectivity index (χ1) is 21.1. The molecule has 12 nitrogen and oxygen atoms in total. The van der Waals surface area contributed by atoms with E-state index in [-0.39, 0.29) is 17.8 Å². The number of primary amides is 1. The highest BCUT2D eigenvalue weighted by molar-refractivity contribution is 7.16. The van der Waals surface area contributed by atoms with Gasteiger partial charge in [0.05, 0.1) is 11.0 Å². The Hall–Kier alpha value is -4.28. The summed E-state index contributed by atoms with van der Waals surface area (Å²) in [5.41, 5.74) is 14.2. The minimum absolute atomic E-state index is 0.119. The quantitative estimate of drug-likeness (QED) is 0.275. The van der Waals surface area contributed by atoms with E-state index in [0.29, 0.717) is 46.0 Å². The minimum atomic E-state index is -0.635. The summed E-state index contributed by atoms with van der Waals surface area (Å²) in [6.45, 7) is 7.28. The zero-order chi connectivity index (χ0) is 31.2. The summed E-state index contributed by atoms with van der Waals surface area (Å²) in [7, 11) is 2.10. The van der Waals surface area contributed by atoms with Gasteiger partial charge >= 0.3 is 0 Å². The number of likely N-dealkylation sites (N-methyl/N-ethyl adjacent to an activating group) is 1. The third-order valence-corrected chi connectivity index (χ3v) is 10.0. The summed E-state index contributed by atoms with van der Waals surface area (Å²) >= 11 is 1.49. The number of aromatic nitrogens is 5. The Kier molecular flexibility index (Phi) is 7.89. The van der Waals surface area contributed by atoms with E-state index in [1.807, 2.05) is 6.92 Å². The average molecular weight is 616 g/mol. The number of nitriles is 1. The Bertz CT molecular complexity index is 1750. The topological polar surface area (TPSA) is 175 Å². The number of rotatable bonds is 9. The van der Waals surface area contributed by atoms with E-state index in [4.69, 9.17) is 30.7 Å². The monoisotopic (exact) mass is 615 g/mol. The molecule has 2 aliphatic rings. The van der Waals surface area contributed by atoms with Gasteiger partial charge in [0.1, 0.15) is 22.9 Å². The molecule has 0 unspecified atom stereocenters. The molecule has 5 heterocycles. The lowest BCUT2D eigenvalue weighted by Crippen LogP contribution is -2.38. The number of aryl methyl sites for hydroxylation is 1. The molecular weight excluding hydrogens is 578 g/mol. The Balaban J connectivity index is 1.48. The van der Waals surface area contributed by atoms with Crippen LogP contribution in [-0.4, -0.2) is 61.5 Å². The molecule has 1 fully saturated rings. The van der Waals surface area contributed by atoms with Gasteiger partial charge in [0.15, 0.2) is 23.1 Å². The first kappa shape index (κ1) is 29.8. The molecule has 0 saturated carbocycles. The highest BCUT2D eigenvalue weighted by Crippen LogP contribution is 2.50. The van der Waals surface area contributed by atoms with Gasteiger partial charge < -0.3 is 20.7 Å². The number of carbonyl (C=O) groups excluding carboxylic acids is 1. The number of hydrogen-bond donors (Lipinski definition) is 2. The standard InChI is InChI=1S/C31H37N9O3S/c1-5-8-18-26(38-43-27(18)31(3)12-6-10-22-25(31)19(16-32)29(34)44-22)30-35-23(40-14-11-20(37-40)28(33)41)15-24(36-30)42-17(2)21-9-7-13-39(21)4/h11,14-15,17,21H,5-10,12-13,34H2,1-4H3,(H2,33,41)/t17-,21-,31-/m0/s1. The number of likely N-dealkylation sites (tertiary alicyclic amines) is 1. The van der Waals surface area contributed by atoms with E-state index in [0.717, 1.165) is 61.1 Å². The second-order valence-electron chi connectivity index (χ2n) is 11.9. The zero-order valence-corrected chi connectivity index (χ0v) is 26.3. The van der Waals surface area contributed by atoms with Gasteiger partial charge in [-0.05, 0) is 77.6 Å². The number of nitrogens with two attached hydrogens (primary N) is 2. The Morgan fingerprint density at radius 1 is 1.36 bits per heavy atom. The predicted molar refractivity (Wildman–Crippen MR) is 166 cm³/mol. The van der Waals surface area contributed by atoms with Gasteiger partial charge in [-0.2, -0.15) is 15.3 Å². The van der Waals surface area contributed by atoms with Crippen LogP contribution in [-0.2, 0) is 18.3 Å². The highest BCUT2D eigenvalue weighted by Gasteiger charge is 2.44. The summed E-state index contributed by atoms with van der Waals surface area (Å²) in [6, 6.07) is 5.84. The Morgan fingerprint density at radius 3 is 2.86 bits per heavy atom. The van der Waals surface area contributed by atoms with Crippen molar-refractivity contribution in [1.29, 1.82) is 5.26 Å². The number of anilines is 1. The highest BCUT2D eigenvalue weighted by atomic mass is 32.1. The van der Waals surface area contributed by atoms with Gasteiger partial charge in [-0.25, -0.2) is 9.67 Å². The lowest BCUT2D eigenvalue weighted by atomic mass is 9.69. The van der Waals surface area contributed by atoms with Gasteiger partial charge in [-0.3, -0.25) is 9.69 Å². The van der Waals surface area contributed by atoms with E-state index in [2.05, 4.69) is 42.1 Å². The van der Waals surface area contributed by atoms with Crippen molar-refractivity contribution < 1.29 is 14.1 Å². The van der Waals surface area contributed by atoms with E-state index >= 15 is 0 Å². The summed E-state index contributed by atoms with van der Waals surface area (Å²) in [5.74, 6) is 1.16. The van der Waals surface area contributed by atoms with Gasteiger partial charge in [0.25, 0.3) is 5.91 Å². The van der Waals surface area contributed by atoms with Crippen LogP contribution in [0.4, 0.5) is 5.00 Å². The molecule has 0 radical (unpaired) electrons. The molecule has 6 rings (SSSR count). The SMILES string of the molecule is CCCc1c(-c2nc(O[C@@H](C)[C@@H]3CCCN3C)cc(-n3ccc(C(N)=O)n3)n2)noc1[C@@]1(C)CCCc2sc(N)c(C#N)c21. The maximum absolute atomic E-state index is 11.8. The number of fused-ring (bicyclic) bond motifs is 1. The summed E-state index contributed by atoms with van der Waals surface area (Å²) < 4.78 is 14.1. The molecule has 4 aromatic heterocycles. The van der Waals surface area contributed by atoms with E-state index in [1.165, 1.54) is 22.1 Å². The normalized spacial score (nSPS) is 20.8. The lowest BCUT2D eigenvalue weighted by molar-refractivity contribution is 0.0995. The molecular formula is C31H37N9O3S. The number of thiophene rings is 1. The minimum Gasteiger partial charge on any atom is -0.473 e. The van der Waals surface area contributed by atoms with Gasteiger partial charge in [0, 0.05) is 28.7 Å². The predicted octanol–water partition coefficient (Wildman–Crippen LogP) is 4.39. The Morgan fingerprint density at radius 2 is 2.18 bits per heavy atom. The Labute approximate surface area is 260 Å². The maximum Gasteiger partial charge on any atom is 0.269 e. The molecule has 4 aromatic rings. The van der Waals surface area contributed by atoms with Gasteiger partial charge in [-0.15, -0.1) is 11.3 Å².